The number of rotatable bonds is 6. The van der Waals surface area contributed by atoms with E-state index in [1.54, 1.807) is 10.4 Å². The lowest BCUT2D eigenvalue weighted by molar-refractivity contribution is 0.0752. The van der Waals surface area contributed by atoms with Gasteiger partial charge in [0.25, 0.3) is 11.8 Å². The highest BCUT2D eigenvalue weighted by Crippen LogP contribution is 2.40. The Labute approximate surface area is 169 Å². The zero-order chi connectivity index (χ0) is 19.7. The summed E-state index contributed by atoms with van der Waals surface area (Å²) in [6.45, 7) is 2.12. The Hall–Kier alpha value is -2.07. The lowest BCUT2D eigenvalue weighted by Gasteiger charge is -2.24. The normalized spacial score (nSPS) is 18.6. The van der Waals surface area contributed by atoms with Crippen LogP contribution in [0, 0.1) is 0 Å². The molecule has 1 atom stereocenters. The summed E-state index contributed by atoms with van der Waals surface area (Å²) < 4.78 is 20.3. The Morgan fingerprint density at radius 1 is 1.21 bits per heavy atom. The van der Waals surface area contributed by atoms with E-state index in [9.17, 15) is 13.8 Å². The van der Waals surface area contributed by atoms with Crippen molar-refractivity contribution in [3.63, 3.8) is 0 Å². The van der Waals surface area contributed by atoms with Crippen LogP contribution in [0.4, 0.5) is 5.00 Å². The van der Waals surface area contributed by atoms with Crippen LogP contribution in [0.2, 0.25) is 0 Å². The SMILES string of the molecule is NC(=O)c1cc(S(=O)N2CCOCC2)sc1NC(=O)c1cccc(C2CC2)c1. The van der Waals surface area contributed by atoms with Crippen LogP contribution in [0.25, 0.3) is 0 Å². The number of ether oxygens (including phenoxy) is 1. The average molecular weight is 420 g/mol. The van der Waals surface area contributed by atoms with Gasteiger partial charge in [0.2, 0.25) is 0 Å². The first-order chi connectivity index (χ1) is 13.5. The van der Waals surface area contributed by atoms with Gasteiger partial charge in [-0.15, -0.1) is 11.3 Å². The van der Waals surface area contributed by atoms with Crippen molar-refractivity contribution in [2.45, 2.75) is 23.0 Å². The molecule has 0 bridgehead atoms. The number of carbonyl (C=O) groups is 2. The van der Waals surface area contributed by atoms with Gasteiger partial charge >= 0.3 is 0 Å². The maximum atomic E-state index is 12.8. The molecule has 1 aromatic heterocycles. The van der Waals surface area contributed by atoms with Crippen LogP contribution in [0.5, 0.6) is 0 Å². The summed E-state index contributed by atoms with van der Waals surface area (Å²) in [5.74, 6) is -0.433. The van der Waals surface area contributed by atoms with Crippen molar-refractivity contribution in [3.8, 4) is 0 Å². The van der Waals surface area contributed by atoms with E-state index in [-0.39, 0.29) is 11.5 Å². The number of hydrogen-bond donors (Lipinski definition) is 2. The third-order valence-electron chi connectivity index (χ3n) is 4.78. The third kappa shape index (κ3) is 4.17. The van der Waals surface area contributed by atoms with Gasteiger partial charge in [-0.2, -0.15) is 0 Å². The van der Waals surface area contributed by atoms with Crippen molar-refractivity contribution >= 4 is 39.1 Å². The van der Waals surface area contributed by atoms with Crippen molar-refractivity contribution < 1.29 is 18.5 Å². The molecule has 3 N–H and O–H groups in total. The van der Waals surface area contributed by atoms with Crippen LogP contribution in [-0.2, 0) is 15.7 Å². The van der Waals surface area contributed by atoms with Gasteiger partial charge in [0.1, 0.15) is 20.2 Å². The number of primary amides is 1. The molecule has 1 saturated carbocycles. The number of amides is 2. The molecule has 2 aromatic rings. The van der Waals surface area contributed by atoms with Crippen LogP contribution in [0.15, 0.2) is 34.5 Å². The molecule has 1 aromatic carbocycles. The largest absolute Gasteiger partial charge is 0.379 e. The summed E-state index contributed by atoms with van der Waals surface area (Å²) in [5, 5.41) is 3.10. The molecule has 7 nitrogen and oxygen atoms in total. The fourth-order valence-electron chi connectivity index (χ4n) is 3.10. The van der Waals surface area contributed by atoms with E-state index in [4.69, 9.17) is 10.5 Å². The Bertz CT molecular complexity index is 933. The van der Waals surface area contributed by atoms with Crippen LogP contribution >= 0.6 is 11.3 Å². The maximum absolute atomic E-state index is 12.8. The molecule has 0 radical (unpaired) electrons. The molecule has 2 heterocycles. The summed E-state index contributed by atoms with van der Waals surface area (Å²) in [6, 6.07) is 9.03. The molecular formula is C19H21N3O4S2. The second-order valence-corrected chi connectivity index (χ2v) is 9.58. The standard InChI is InChI=1S/C19H21N3O4S2/c20-17(23)15-11-16(28(25)22-6-8-26-9-7-22)27-19(15)21-18(24)14-3-1-2-13(10-14)12-4-5-12/h1-3,10-12H,4-9H2,(H2,20,23)(H,21,24). The first-order valence-electron chi connectivity index (χ1n) is 9.12. The van der Waals surface area contributed by atoms with Crippen LogP contribution in [0.1, 0.15) is 45.0 Å². The predicted octanol–water partition coefficient (Wildman–Crippen LogP) is 2.33. The van der Waals surface area contributed by atoms with E-state index >= 15 is 0 Å². The summed E-state index contributed by atoms with van der Waals surface area (Å²) in [5.41, 5.74) is 7.34. The number of nitrogens with two attached hydrogens (primary N) is 1. The Kier molecular flexibility index (Phi) is 5.58. The van der Waals surface area contributed by atoms with Gasteiger partial charge in [0.05, 0.1) is 18.8 Å². The van der Waals surface area contributed by atoms with Gasteiger partial charge in [-0.25, -0.2) is 8.51 Å². The summed E-state index contributed by atoms with van der Waals surface area (Å²) in [7, 11) is -1.42. The Morgan fingerprint density at radius 2 is 1.96 bits per heavy atom. The zero-order valence-electron chi connectivity index (χ0n) is 15.2. The van der Waals surface area contributed by atoms with Crippen molar-refractivity contribution in [1.29, 1.82) is 0 Å². The number of morpholine rings is 1. The number of nitrogens with one attached hydrogen (secondary N) is 1. The minimum atomic E-state index is -1.42. The molecule has 9 heteroatoms. The van der Waals surface area contributed by atoms with Gasteiger partial charge < -0.3 is 15.8 Å². The zero-order valence-corrected chi connectivity index (χ0v) is 16.8. The van der Waals surface area contributed by atoms with Gasteiger partial charge in [0.15, 0.2) is 0 Å². The predicted molar refractivity (Wildman–Crippen MR) is 108 cm³/mol. The van der Waals surface area contributed by atoms with Crippen molar-refractivity contribution in [1.82, 2.24) is 4.31 Å². The molecule has 28 heavy (non-hydrogen) atoms. The molecule has 1 saturated heterocycles. The van der Waals surface area contributed by atoms with Crippen molar-refractivity contribution in [3.05, 3.63) is 47.0 Å². The summed E-state index contributed by atoms with van der Waals surface area (Å²) in [4.78, 5) is 24.6. The van der Waals surface area contributed by atoms with Gasteiger partial charge in [-0.3, -0.25) is 9.59 Å². The number of carbonyl (C=O) groups excluding carboxylic acids is 2. The lowest BCUT2D eigenvalue weighted by atomic mass is 10.1. The number of anilines is 1. The number of thiophene rings is 1. The van der Waals surface area contributed by atoms with E-state index in [0.29, 0.717) is 47.0 Å². The smallest absolute Gasteiger partial charge is 0.256 e. The Balaban J connectivity index is 1.55. The third-order valence-corrected chi connectivity index (χ3v) is 7.60. The summed E-state index contributed by atoms with van der Waals surface area (Å²) in [6.07, 6.45) is 2.30. The topological polar surface area (TPSA) is 102 Å². The first kappa shape index (κ1) is 19.3. The van der Waals surface area contributed by atoms with Crippen LogP contribution in [-0.4, -0.2) is 46.6 Å². The highest BCUT2D eigenvalue weighted by Gasteiger charge is 2.26. The van der Waals surface area contributed by atoms with E-state index < -0.39 is 16.9 Å². The van der Waals surface area contributed by atoms with E-state index in [0.717, 1.165) is 29.7 Å². The molecule has 0 spiro atoms. The van der Waals surface area contributed by atoms with Crippen molar-refractivity contribution in [2.24, 2.45) is 5.73 Å². The van der Waals surface area contributed by atoms with E-state index in [2.05, 4.69) is 5.32 Å². The van der Waals surface area contributed by atoms with Gasteiger partial charge in [-0.05, 0) is 42.5 Å². The van der Waals surface area contributed by atoms with E-state index in [1.807, 2.05) is 18.2 Å². The number of nitrogens with zero attached hydrogens (tertiary/aromatic N) is 1. The second kappa shape index (κ2) is 8.12. The minimum Gasteiger partial charge on any atom is -0.379 e. The maximum Gasteiger partial charge on any atom is 0.256 e. The van der Waals surface area contributed by atoms with Crippen LogP contribution in [0.3, 0.4) is 0 Å². The highest BCUT2D eigenvalue weighted by molar-refractivity contribution is 7.85. The minimum absolute atomic E-state index is 0.174. The molecular weight excluding hydrogens is 398 g/mol. The molecule has 2 fully saturated rings. The average Bonchev–Trinajstić information content (AvgIpc) is 3.48. The Morgan fingerprint density at radius 3 is 2.64 bits per heavy atom. The second-order valence-electron chi connectivity index (χ2n) is 6.82. The quantitative estimate of drug-likeness (QED) is 0.750. The highest BCUT2D eigenvalue weighted by atomic mass is 32.2. The molecule has 1 aliphatic heterocycles. The molecule has 2 aliphatic rings. The van der Waals surface area contributed by atoms with E-state index in [1.165, 1.54) is 6.07 Å². The molecule has 2 amide bonds. The summed E-state index contributed by atoms with van der Waals surface area (Å²) >= 11 is 1.12. The van der Waals surface area contributed by atoms with Crippen molar-refractivity contribution in [2.75, 3.05) is 31.6 Å². The number of hydrogen-bond acceptors (Lipinski definition) is 5. The monoisotopic (exact) mass is 419 g/mol. The molecule has 148 valence electrons. The molecule has 1 unspecified atom stereocenters. The lowest BCUT2D eigenvalue weighted by Crippen LogP contribution is -2.37. The van der Waals surface area contributed by atoms with Gasteiger partial charge in [-0.1, -0.05) is 12.1 Å². The molecule has 4 rings (SSSR count). The van der Waals surface area contributed by atoms with Gasteiger partial charge in [0, 0.05) is 18.7 Å². The van der Waals surface area contributed by atoms with Crippen LogP contribution < -0.4 is 11.1 Å². The first-order valence-corrected chi connectivity index (χ1v) is 11.0. The fraction of sp³-hybridized carbons (Fsp3) is 0.368. The number of benzene rings is 1. The fourth-order valence-corrected chi connectivity index (χ4v) is 5.69. The molecule has 1 aliphatic carbocycles.